The molecule has 0 radical (unpaired) electrons. The lowest BCUT2D eigenvalue weighted by molar-refractivity contribution is 0.942. The third-order valence-electron chi connectivity index (χ3n) is 1.96. The molecule has 0 aliphatic carbocycles. The molecule has 1 aromatic carbocycles. The van der Waals surface area contributed by atoms with Gasteiger partial charge in [-0.2, -0.15) is 5.26 Å². The zero-order chi connectivity index (χ0) is 9.52. The van der Waals surface area contributed by atoms with Gasteiger partial charge in [0.05, 0.1) is 6.07 Å². The minimum absolute atomic E-state index is 0.970. The smallest absolute Gasteiger partial charge is 0.0911 e. The molecular weight excluding hydrogens is 158 g/mol. The Morgan fingerprint density at radius 3 is 2.69 bits per heavy atom. The van der Waals surface area contributed by atoms with Crippen LogP contribution >= 0.6 is 0 Å². The quantitative estimate of drug-likeness (QED) is 0.641. The predicted octanol–water partition coefficient (Wildman–Crippen LogP) is 3.09. The lowest BCUT2D eigenvalue weighted by atomic mass is 10.1. The summed E-state index contributed by atoms with van der Waals surface area (Å²) in [4.78, 5) is 0. The van der Waals surface area contributed by atoms with E-state index in [1.54, 1.807) is 6.08 Å². The number of benzene rings is 1. The van der Waals surface area contributed by atoms with Gasteiger partial charge in [-0.25, -0.2) is 0 Å². The number of hydrogen-bond acceptors (Lipinski definition) is 1. The molecule has 0 aliphatic rings. The van der Waals surface area contributed by atoms with Crippen LogP contribution in [-0.4, -0.2) is 0 Å². The first-order valence-corrected chi connectivity index (χ1v) is 4.42. The molecule has 1 nitrogen and oxygen atoms in total. The Morgan fingerprint density at radius 2 is 2.08 bits per heavy atom. The number of nitriles is 1. The zero-order valence-corrected chi connectivity index (χ0v) is 7.83. The van der Waals surface area contributed by atoms with Crippen molar-refractivity contribution in [2.75, 3.05) is 0 Å². The Kier molecular flexibility index (Phi) is 3.78. The van der Waals surface area contributed by atoms with Gasteiger partial charge in [-0.15, -0.1) is 0 Å². The van der Waals surface area contributed by atoms with Gasteiger partial charge in [0, 0.05) is 6.08 Å². The lowest BCUT2D eigenvalue weighted by Crippen LogP contribution is -1.85. The largest absolute Gasteiger partial charge is 0.193 e. The van der Waals surface area contributed by atoms with Gasteiger partial charge in [-0.3, -0.25) is 0 Å². The molecule has 0 saturated heterocycles. The maximum Gasteiger partial charge on any atom is 0.0911 e. The second kappa shape index (κ2) is 5.16. The fourth-order valence-corrected chi connectivity index (χ4v) is 1.17. The van der Waals surface area contributed by atoms with Gasteiger partial charge in [0.25, 0.3) is 0 Å². The molecule has 0 heterocycles. The van der Waals surface area contributed by atoms with E-state index in [-0.39, 0.29) is 0 Å². The third kappa shape index (κ3) is 3.57. The minimum atomic E-state index is 0.970. The molecule has 0 spiro atoms. The van der Waals surface area contributed by atoms with Gasteiger partial charge in [-0.05, 0) is 25.3 Å². The Hall–Kier alpha value is -1.55. The van der Waals surface area contributed by atoms with Crippen molar-refractivity contribution in [3.05, 3.63) is 47.5 Å². The van der Waals surface area contributed by atoms with Gasteiger partial charge in [-0.1, -0.05) is 35.9 Å². The number of hydrogen-bond donors (Lipinski definition) is 0. The minimum Gasteiger partial charge on any atom is -0.193 e. The molecule has 0 amide bonds. The summed E-state index contributed by atoms with van der Waals surface area (Å²) in [7, 11) is 0. The zero-order valence-electron chi connectivity index (χ0n) is 7.83. The molecule has 13 heavy (non-hydrogen) atoms. The molecule has 0 atom stereocenters. The molecule has 0 unspecified atom stereocenters. The van der Waals surface area contributed by atoms with Crippen molar-refractivity contribution in [3.8, 4) is 6.07 Å². The standard InChI is InChI=1S/C12H13N/c1-11(9-10-13)7-8-12-5-3-2-4-6-12/h2-6,9H,7-8H2,1H3. The third-order valence-corrected chi connectivity index (χ3v) is 1.96. The molecule has 0 N–H and O–H groups in total. The van der Waals surface area contributed by atoms with Crippen LogP contribution in [0.5, 0.6) is 0 Å². The first kappa shape index (κ1) is 9.54. The second-order valence-electron chi connectivity index (χ2n) is 3.11. The monoisotopic (exact) mass is 171 g/mol. The number of nitrogens with zero attached hydrogens (tertiary/aromatic N) is 1. The summed E-state index contributed by atoms with van der Waals surface area (Å²) in [6.45, 7) is 1.99. The predicted molar refractivity (Wildman–Crippen MR) is 54.1 cm³/mol. The average Bonchev–Trinajstić information content (AvgIpc) is 2.17. The summed E-state index contributed by atoms with van der Waals surface area (Å²) in [5.41, 5.74) is 2.47. The van der Waals surface area contributed by atoms with Gasteiger partial charge < -0.3 is 0 Å². The Labute approximate surface area is 79.3 Å². The first-order chi connectivity index (χ1) is 6.33. The molecular formula is C12H13N. The van der Waals surface area contributed by atoms with Crippen LogP contribution in [0.1, 0.15) is 18.9 Å². The van der Waals surface area contributed by atoms with Crippen molar-refractivity contribution in [3.63, 3.8) is 0 Å². The highest BCUT2D eigenvalue weighted by molar-refractivity contribution is 5.18. The van der Waals surface area contributed by atoms with Gasteiger partial charge in [0.2, 0.25) is 0 Å². The van der Waals surface area contributed by atoms with Crippen LogP contribution in [0.15, 0.2) is 42.0 Å². The van der Waals surface area contributed by atoms with Crippen molar-refractivity contribution >= 4 is 0 Å². The van der Waals surface area contributed by atoms with Crippen molar-refractivity contribution in [1.29, 1.82) is 5.26 Å². The fourth-order valence-electron chi connectivity index (χ4n) is 1.17. The molecule has 1 heteroatoms. The molecule has 0 aliphatic heterocycles. The Balaban J connectivity index is 2.45. The fraction of sp³-hybridized carbons (Fsp3) is 0.250. The van der Waals surface area contributed by atoms with E-state index in [1.807, 2.05) is 31.2 Å². The summed E-state index contributed by atoms with van der Waals surface area (Å²) in [5, 5.41) is 8.41. The van der Waals surface area contributed by atoms with Crippen LogP contribution in [0.3, 0.4) is 0 Å². The second-order valence-corrected chi connectivity index (χ2v) is 3.11. The van der Waals surface area contributed by atoms with Crippen molar-refractivity contribution < 1.29 is 0 Å². The first-order valence-electron chi connectivity index (χ1n) is 4.42. The normalized spacial score (nSPS) is 10.9. The van der Waals surface area contributed by atoms with Gasteiger partial charge >= 0.3 is 0 Å². The van der Waals surface area contributed by atoms with E-state index in [0.29, 0.717) is 0 Å². The van der Waals surface area contributed by atoms with Crippen molar-refractivity contribution in [2.24, 2.45) is 0 Å². The summed E-state index contributed by atoms with van der Waals surface area (Å²) in [6.07, 6.45) is 3.60. The van der Waals surface area contributed by atoms with E-state index < -0.39 is 0 Å². The van der Waals surface area contributed by atoms with Gasteiger partial charge in [0.1, 0.15) is 0 Å². The Bertz CT molecular complexity index is 317. The van der Waals surface area contributed by atoms with Crippen LogP contribution in [0, 0.1) is 11.3 Å². The van der Waals surface area contributed by atoms with Crippen LogP contribution in [-0.2, 0) is 6.42 Å². The number of allylic oxidation sites excluding steroid dienone is 2. The highest BCUT2D eigenvalue weighted by atomic mass is 14.2. The summed E-state index contributed by atoms with van der Waals surface area (Å²) in [5.74, 6) is 0. The highest BCUT2D eigenvalue weighted by Crippen LogP contribution is 2.07. The summed E-state index contributed by atoms with van der Waals surface area (Å²) >= 11 is 0. The number of rotatable bonds is 3. The van der Waals surface area contributed by atoms with E-state index in [4.69, 9.17) is 5.26 Å². The van der Waals surface area contributed by atoms with Gasteiger partial charge in [0.15, 0.2) is 0 Å². The van der Waals surface area contributed by atoms with E-state index in [1.165, 1.54) is 5.56 Å². The SMILES string of the molecule is CC(=CC#N)CCc1ccccc1. The Morgan fingerprint density at radius 1 is 1.38 bits per heavy atom. The van der Waals surface area contributed by atoms with Crippen molar-refractivity contribution in [1.82, 2.24) is 0 Å². The van der Waals surface area contributed by atoms with E-state index in [2.05, 4.69) is 12.1 Å². The molecule has 1 aromatic rings. The molecule has 0 saturated carbocycles. The maximum atomic E-state index is 8.41. The van der Waals surface area contributed by atoms with E-state index in [9.17, 15) is 0 Å². The van der Waals surface area contributed by atoms with Crippen LogP contribution < -0.4 is 0 Å². The van der Waals surface area contributed by atoms with Crippen molar-refractivity contribution in [2.45, 2.75) is 19.8 Å². The maximum absolute atomic E-state index is 8.41. The van der Waals surface area contributed by atoms with E-state index >= 15 is 0 Å². The lowest BCUT2D eigenvalue weighted by Gasteiger charge is -1.99. The summed E-state index contributed by atoms with van der Waals surface area (Å²) in [6, 6.07) is 12.4. The highest BCUT2D eigenvalue weighted by Gasteiger charge is 1.92. The average molecular weight is 171 g/mol. The van der Waals surface area contributed by atoms with E-state index in [0.717, 1.165) is 18.4 Å². The molecule has 0 aromatic heterocycles. The molecule has 66 valence electrons. The molecule has 1 rings (SSSR count). The summed E-state index contributed by atoms with van der Waals surface area (Å²) < 4.78 is 0. The van der Waals surface area contributed by atoms with Crippen LogP contribution in [0.2, 0.25) is 0 Å². The number of aryl methyl sites for hydroxylation is 1. The van der Waals surface area contributed by atoms with Crippen LogP contribution in [0.25, 0.3) is 0 Å². The molecule has 0 bridgehead atoms. The van der Waals surface area contributed by atoms with Crippen LogP contribution in [0.4, 0.5) is 0 Å². The molecule has 0 fully saturated rings. The topological polar surface area (TPSA) is 23.8 Å².